The van der Waals surface area contributed by atoms with E-state index < -0.39 is 15.8 Å². The molecule has 3 heterocycles. The van der Waals surface area contributed by atoms with Crippen LogP contribution < -0.4 is 0 Å². The topological polar surface area (TPSA) is 102 Å². The van der Waals surface area contributed by atoms with Gasteiger partial charge in [-0.3, -0.25) is 0 Å². The number of hydrogen-bond acceptors (Lipinski definition) is 5. The van der Waals surface area contributed by atoms with Gasteiger partial charge in [-0.1, -0.05) is 6.07 Å². The maximum absolute atomic E-state index is 11.7. The number of carboxylic acid groups (broad SMARTS) is 1. The van der Waals surface area contributed by atoms with Crippen LogP contribution in [-0.2, 0) is 9.84 Å². The summed E-state index contributed by atoms with van der Waals surface area (Å²) in [4.78, 5) is 15.4. The lowest BCUT2D eigenvalue weighted by Gasteiger charge is -2.18. The summed E-state index contributed by atoms with van der Waals surface area (Å²) in [5.41, 5.74) is 0.433. The molecule has 106 valence electrons. The molecule has 1 unspecified atom stereocenters. The number of rotatable bonds is 2. The highest BCUT2D eigenvalue weighted by Crippen LogP contribution is 2.26. The predicted octanol–water partition coefficient (Wildman–Crippen LogP) is 0.720. The minimum Gasteiger partial charge on any atom is -0.477 e. The van der Waals surface area contributed by atoms with Crippen molar-refractivity contribution >= 4 is 21.5 Å². The SMILES string of the molecule is O=C(O)c1cccc2nc(C3CCCS(=O)(=O)C3)nn12. The van der Waals surface area contributed by atoms with Gasteiger partial charge < -0.3 is 5.11 Å². The average Bonchev–Trinajstić information content (AvgIpc) is 2.80. The fourth-order valence-electron chi connectivity index (χ4n) is 2.48. The van der Waals surface area contributed by atoms with Crippen molar-refractivity contribution < 1.29 is 18.3 Å². The Morgan fingerprint density at radius 2 is 2.20 bits per heavy atom. The van der Waals surface area contributed by atoms with Gasteiger partial charge in [-0.25, -0.2) is 22.7 Å². The smallest absolute Gasteiger partial charge is 0.354 e. The first-order chi connectivity index (χ1) is 9.46. The number of fused-ring (bicyclic) bond motifs is 1. The van der Waals surface area contributed by atoms with E-state index in [0.717, 1.165) is 0 Å². The number of aromatic nitrogens is 3. The molecular weight excluding hydrogens is 282 g/mol. The minimum absolute atomic E-state index is 0.0138. The van der Waals surface area contributed by atoms with Gasteiger partial charge in [-0.05, 0) is 25.0 Å². The molecule has 8 heteroatoms. The largest absolute Gasteiger partial charge is 0.477 e. The maximum Gasteiger partial charge on any atom is 0.354 e. The molecule has 7 nitrogen and oxygen atoms in total. The summed E-state index contributed by atoms with van der Waals surface area (Å²) >= 11 is 0. The molecule has 1 fully saturated rings. The molecule has 0 saturated carbocycles. The number of carbonyl (C=O) groups is 1. The third-order valence-corrected chi connectivity index (χ3v) is 5.24. The zero-order chi connectivity index (χ0) is 14.3. The number of hydrogen-bond donors (Lipinski definition) is 1. The highest BCUT2D eigenvalue weighted by Gasteiger charge is 2.29. The van der Waals surface area contributed by atoms with Crippen LogP contribution in [0.2, 0.25) is 0 Å². The summed E-state index contributed by atoms with van der Waals surface area (Å²) in [5.74, 6) is -0.704. The third kappa shape index (κ3) is 2.26. The van der Waals surface area contributed by atoms with E-state index in [1.807, 2.05) is 0 Å². The zero-order valence-corrected chi connectivity index (χ0v) is 11.4. The van der Waals surface area contributed by atoms with Gasteiger partial charge in [-0.2, -0.15) is 5.10 Å². The monoisotopic (exact) mass is 295 g/mol. The second-order valence-electron chi connectivity index (χ2n) is 4.91. The third-order valence-electron chi connectivity index (χ3n) is 3.42. The molecule has 0 aliphatic carbocycles. The summed E-state index contributed by atoms with van der Waals surface area (Å²) < 4.78 is 24.6. The Hall–Kier alpha value is -1.96. The molecular formula is C12H13N3O4S. The quantitative estimate of drug-likeness (QED) is 0.876. The lowest BCUT2D eigenvalue weighted by atomic mass is 10.1. The predicted molar refractivity (Wildman–Crippen MR) is 70.6 cm³/mol. The van der Waals surface area contributed by atoms with Crippen molar-refractivity contribution in [1.82, 2.24) is 14.6 Å². The van der Waals surface area contributed by atoms with Gasteiger partial charge in [0.15, 0.2) is 27.0 Å². The van der Waals surface area contributed by atoms with Crippen LogP contribution in [0, 0.1) is 0 Å². The van der Waals surface area contributed by atoms with Crippen molar-refractivity contribution in [3.63, 3.8) is 0 Å². The summed E-state index contributed by atoms with van der Waals surface area (Å²) in [7, 11) is -3.05. The van der Waals surface area contributed by atoms with Crippen LogP contribution in [-0.4, -0.2) is 45.6 Å². The van der Waals surface area contributed by atoms with Gasteiger partial charge >= 0.3 is 5.97 Å². The fraction of sp³-hybridized carbons (Fsp3) is 0.417. The van der Waals surface area contributed by atoms with Gasteiger partial charge in [0.05, 0.1) is 11.5 Å². The molecule has 1 saturated heterocycles. The Kier molecular flexibility index (Phi) is 2.97. The van der Waals surface area contributed by atoms with Crippen molar-refractivity contribution in [2.75, 3.05) is 11.5 Å². The lowest BCUT2D eigenvalue weighted by Crippen LogP contribution is -2.24. The second kappa shape index (κ2) is 4.55. The van der Waals surface area contributed by atoms with Crippen LogP contribution in [0.4, 0.5) is 0 Å². The average molecular weight is 295 g/mol. The van der Waals surface area contributed by atoms with Crippen LogP contribution in [0.15, 0.2) is 18.2 Å². The van der Waals surface area contributed by atoms with E-state index in [2.05, 4.69) is 10.1 Å². The maximum atomic E-state index is 11.7. The number of nitrogens with zero attached hydrogens (tertiary/aromatic N) is 3. The first-order valence-corrected chi connectivity index (χ1v) is 8.08. The Balaban J connectivity index is 2.05. The molecule has 0 spiro atoms. The summed E-state index contributed by atoms with van der Waals surface area (Å²) in [5, 5.41) is 13.3. The van der Waals surface area contributed by atoms with Gasteiger partial charge in [-0.15, -0.1) is 0 Å². The van der Waals surface area contributed by atoms with Crippen molar-refractivity contribution in [3.05, 3.63) is 29.7 Å². The molecule has 3 rings (SSSR count). The normalized spacial score (nSPS) is 21.9. The fourth-order valence-corrected chi connectivity index (χ4v) is 4.19. The molecule has 0 bridgehead atoms. The van der Waals surface area contributed by atoms with Crippen LogP contribution in [0.3, 0.4) is 0 Å². The van der Waals surface area contributed by atoms with E-state index in [1.165, 1.54) is 10.6 Å². The Morgan fingerprint density at radius 3 is 2.90 bits per heavy atom. The summed E-state index contributed by atoms with van der Waals surface area (Å²) in [6, 6.07) is 4.68. The molecule has 1 aliphatic rings. The van der Waals surface area contributed by atoms with Gasteiger partial charge in [0.2, 0.25) is 0 Å². The number of sulfone groups is 1. The van der Waals surface area contributed by atoms with Crippen LogP contribution in [0.1, 0.15) is 35.1 Å². The molecule has 2 aromatic heterocycles. The second-order valence-corrected chi connectivity index (χ2v) is 7.14. The molecule has 1 atom stereocenters. The first kappa shape index (κ1) is 13.0. The van der Waals surface area contributed by atoms with E-state index in [0.29, 0.717) is 24.3 Å². The van der Waals surface area contributed by atoms with Crippen molar-refractivity contribution in [2.24, 2.45) is 0 Å². The summed E-state index contributed by atoms with van der Waals surface area (Å²) in [6.07, 6.45) is 1.30. The molecule has 20 heavy (non-hydrogen) atoms. The highest BCUT2D eigenvalue weighted by molar-refractivity contribution is 7.91. The molecule has 1 aliphatic heterocycles. The van der Waals surface area contributed by atoms with E-state index in [-0.39, 0.29) is 23.1 Å². The van der Waals surface area contributed by atoms with Crippen LogP contribution in [0.5, 0.6) is 0 Å². The van der Waals surface area contributed by atoms with Gasteiger partial charge in [0.1, 0.15) is 0 Å². The van der Waals surface area contributed by atoms with Crippen LogP contribution >= 0.6 is 0 Å². The zero-order valence-electron chi connectivity index (χ0n) is 10.6. The van der Waals surface area contributed by atoms with Crippen molar-refractivity contribution in [1.29, 1.82) is 0 Å². The molecule has 0 aromatic carbocycles. The minimum atomic E-state index is -3.05. The van der Waals surface area contributed by atoms with Crippen molar-refractivity contribution in [2.45, 2.75) is 18.8 Å². The first-order valence-electron chi connectivity index (χ1n) is 6.26. The highest BCUT2D eigenvalue weighted by atomic mass is 32.2. The van der Waals surface area contributed by atoms with E-state index in [9.17, 15) is 13.2 Å². The molecule has 2 aromatic rings. The van der Waals surface area contributed by atoms with Gasteiger partial charge in [0, 0.05) is 5.92 Å². The summed E-state index contributed by atoms with van der Waals surface area (Å²) in [6.45, 7) is 0. The van der Waals surface area contributed by atoms with E-state index in [1.54, 1.807) is 12.1 Å². The lowest BCUT2D eigenvalue weighted by molar-refractivity contribution is 0.0687. The number of pyridine rings is 1. The number of carboxylic acids is 1. The number of aromatic carboxylic acids is 1. The molecule has 0 radical (unpaired) electrons. The van der Waals surface area contributed by atoms with Crippen molar-refractivity contribution in [3.8, 4) is 0 Å². The Morgan fingerprint density at radius 1 is 1.40 bits per heavy atom. The van der Waals surface area contributed by atoms with Crippen LogP contribution in [0.25, 0.3) is 5.65 Å². The molecule has 0 amide bonds. The molecule has 1 N–H and O–H groups in total. The van der Waals surface area contributed by atoms with Gasteiger partial charge in [0.25, 0.3) is 0 Å². The Bertz CT molecular complexity index is 781. The van der Waals surface area contributed by atoms with E-state index >= 15 is 0 Å². The standard InChI is InChI=1S/C12H13N3O4S/c16-12(17)9-4-1-5-10-13-11(14-15(9)10)8-3-2-6-20(18,19)7-8/h1,4-5,8H,2-3,6-7H2,(H,16,17). The Labute approximate surface area is 115 Å². The van der Waals surface area contributed by atoms with E-state index in [4.69, 9.17) is 5.11 Å².